The second kappa shape index (κ2) is 16.9. The number of rotatable bonds is 16. The fourth-order valence-electron chi connectivity index (χ4n) is 5.60. The average Bonchev–Trinajstić information content (AvgIpc) is 3.54. The summed E-state index contributed by atoms with van der Waals surface area (Å²) in [7, 11) is 3.13. The van der Waals surface area contributed by atoms with Crippen molar-refractivity contribution < 1.29 is 28.8 Å². The van der Waals surface area contributed by atoms with E-state index in [4.69, 9.17) is 34.6 Å². The molecule has 0 unspecified atom stereocenters. The standard InChI is InChI=1S/C38H39N5O6/c1-46-33-20-15-28(24-34(33)47-2)25-40-37(45)38(21-8-12-27-10-4-3-5-11-27)35(32-14-7-6-13-30(32)26-41-43-39)49-36(42-38)29-16-18-31(19-17-29)48-23-9-22-44/h3-8,10-20,24,35,44H,9,21-23,25-26H2,1-2H3,(H,40,45)/b12-8+/t35-,38-/m1/s1. The Labute approximate surface area is 285 Å². The third-order valence-corrected chi connectivity index (χ3v) is 8.11. The predicted molar refractivity (Wildman–Crippen MR) is 188 cm³/mol. The molecule has 2 atom stereocenters. The number of ether oxygens (including phenoxy) is 4. The van der Waals surface area contributed by atoms with Crippen LogP contribution in [0.1, 0.15) is 46.8 Å². The van der Waals surface area contributed by atoms with Crippen molar-refractivity contribution in [1.82, 2.24) is 5.32 Å². The van der Waals surface area contributed by atoms with Gasteiger partial charge in [-0.05, 0) is 64.2 Å². The predicted octanol–water partition coefficient (Wildman–Crippen LogP) is 6.95. The SMILES string of the molecule is COc1ccc(CNC(=O)[C@]2(C/C=C/c3ccccc3)N=C(c3ccc(OCCCO)cc3)O[C@@H]2c2ccccc2CN=[N+]=[N-])cc1OC. The zero-order chi connectivity index (χ0) is 34.5. The third kappa shape index (κ3) is 8.39. The number of benzene rings is 4. The van der Waals surface area contributed by atoms with Crippen LogP contribution in [0.4, 0.5) is 0 Å². The van der Waals surface area contributed by atoms with E-state index in [2.05, 4.69) is 15.3 Å². The summed E-state index contributed by atoms with van der Waals surface area (Å²) in [5.74, 6) is 1.71. The van der Waals surface area contributed by atoms with Crippen LogP contribution in [-0.2, 0) is 22.6 Å². The highest BCUT2D eigenvalue weighted by Crippen LogP contribution is 2.44. The van der Waals surface area contributed by atoms with Crippen LogP contribution in [0, 0.1) is 0 Å². The van der Waals surface area contributed by atoms with Gasteiger partial charge in [-0.25, -0.2) is 4.99 Å². The maximum absolute atomic E-state index is 14.6. The van der Waals surface area contributed by atoms with Crippen LogP contribution in [0.3, 0.4) is 0 Å². The van der Waals surface area contributed by atoms with Crippen molar-refractivity contribution in [2.75, 3.05) is 27.4 Å². The first-order valence-corrected chi connectivity index (χ1v) is 15.9. The molecule has 0 radical (unpaired) electrons. The number of amides is 1. The molecule has 11 nitrogen and oxygen atoms in total. The average molecular weight is 662 g/mol. The first kappa shape index (κ1) is 34.6. The molecule has 0 saturated heterocycles. The zero-order valence-electron chi connectivity index (χ0n) is 27.5. The molecule has 1 aliphatic rings. The number of hydrogen-bond donors (Lipinski definition) is 2. The zero-order valence-corrected chi connectivity index (χ0v) is 27.5. The van der Waals surface area contributed by atoms with Crippen LogP contribution in [-0.4, -0.2) is 49.9 Å². The van der Waals surface area contributed by atoms with Crippen molar-refractivity contribution in [2.24, 2.45) is 10.1 Å². The summed E-state index contributed by atoms with van der Waals surface area (Å²) in [6.45, 7) is 0.695. The van der Waals surface area contributed by atoms with Crippen molar-refractivity contribution in [1.29, 1.82) is 0 Å². The molecule has 0 bridgehead atoms. The number of aliphatic hydroxyl groups excluding tert-OH is 1. The summed E-state index contributed by atoms with van der Waals surface area (Å²) in [5.41, 5.74) is 11.5. The highest BCUT2D eigenvalue weighted by Gasteiger charge is 2.53. The van der Waals surface area contributed by atoms with Gasteiger partial charge >= 0.3 is 0 Å². The summed E-state index contributed by atoms with van der Waals surface area (Å²) >= 11 is 0. The Morgan fingerprint density at radius 1 is 1.02 bits per heavy atom. The molecule has 4 aromatic rings. The van der Waals surface area contributed by atoms with Crippen LogP contribution < -0.4 is 19.5 Å². The van der Waals surface area contributed by atoms with E-state index in [1.54, 1.807) is 32.4 Å². The summed E-state index contributed by atoms with van der Waals surface area (Å²) in [5, 5.41) is 16.0. The second-order valence-electron chi connectivity index (χ2n) is 11.3. The van der Waals surface area contributed by atoms with Gasteiger partial charge in [0.1, 0.15) is 5.75 Å². The van der Waals surface area contributed by atoms with E-state index in [0.717, 1.165) is 16.7 Å². The molecular weight excluding hydrogens is 622 g/mol. The Balaban J connectivity index is 1.57. The van der Waals surface area contributed by atoms with E-state index >= 15 is 0 Å². The minimum atomic E-state index is -1.44. The Bertz CT molecular complexity index is 1820. The molecule has 0 spiro atoms. The number of aliphatic imine (C=N–C) groups is 1. The summed E-state index contributed by atoms with van der Waals surface area (Å²) in [6.07, 6.45) is 3.75. The molecule has 1 aliphatic heterocycles. The molecule has 49 heavy (non-hydrogen) atoms. The molecule has 2 N–H and O–H groups in total. The van der Waals surface area contributed by atoms with E-state index in [1.165, 1.54) is 0 Å². The van der Waals surface area contributed by atoms with E-state index in [0.29, 0.717) is 47.3 Å². The second-order valence-corrected chi connectivity index (χ2v) is 11.3. The number of azide groups is 1. The van der Waals surface area contributed by atoms with Gasteiger partial charge in [0.25, 0.3) is 5.91 Å². The van der Waals surface area contributed by atoms with E-state index in [1.807, 2.05) is 91.0 Å². The minimum Gasteiger partial charge on any atom is -0.494 e. The first-order valence-electron chi connectivity index (χ1n) is 15.9. The normalized spacial score (nSPS) is 16.7. The fourth-order valence-corrected chi connectivity index (χ4v) is 5.60. The number of nitrogens with zero attached hydrogens (tertiary/aromatic N) is 4. The van der Waals surface area contributed by atoms with Gasteiger partial charge in [0, 0.05) is 36.5 Å². The highest BCUT2D eigenvalue weighted by atomic mass is 16.5. The molecule has 11 heteroatoms. The van der Waals surface area contributed by atoms with E-state index in [-0.39, 0.29) is 32.0 Å². The van der Waals surface area contributed by atoms with Crippen molar-refractivity contribution >= 4 is 17.9 Å². The van der Waals surface area contributed by atoms with Gasteiger partial charge in [-0.15, -0.1) is 0 Å². The van der Waals surface area contributed by atoms with Crippen molar-refractivity contribution in [3.63, 3.8) is 0 Å². The lowest BCUT2D eigenvalue weighted by atomic mass is 9.82. The number of carbonyl (C=O) groups excluding carboxylic acids is 1. The van der Waals surface area contributed by atoms with Gasteiger partial charge in [0.15, 0.2) is 23.1 Å². The highest BCUT2D eigenvalue weighted by molar-refractivity contribution is 6.01. The van der Waals surface area contributed by atoms with Crippen LogP contribution in [0.5, 0.6) is 17.2 Å². The Kier molecular flexibility index (Phi) is 11.9. The topological polar surface area (TPSA) is 147 Å². The first-order chi connectivity index (χ1) is 24.0. The molecule has 0 aliphatic carbocycles. The molecule has 4 aromatic carbocycles. The maximum Gasteiger partial charge on any atom is 0.252 e. The lowest BCUT2D eigenvalue weighted by Crippen LogP contribution is -2.48. The third-order valence-electron chi connectivity index (χ3n) is 8.11. The van der Waals surface area contributed by atoms with Crippen LogP contribution in [0.2, 0.25) is 0 Å². The fraction of sp³-hybridized carbons (Fsp3) is 0.263. The molecule has 252 valence electrons. The van der Waals surface area contributed by atoms with E-state index < -0.39 is 11.6 Å². The van der Waals surface area contributed by atoms with Crippen molar-refractivity contribution in [3.8, 4) is 17.2 Å². The molecule has 5 rings (SSSR count). The Morgan fingerprint density at radius 3 is 2.51 bits per heavy atom. The van der Waals surface area contributed by atoms with Gasteiger partial charge in [0.05, 0.1) is 27.4 Å². The number of hydrogen-bond acceptors (Lipinski definition) is 8. The van der Waals surface area contributed by atoms with Gasteiger partial charge in [-0.2, -0.15) is 0 Å². The lowest BCUT2D eigenvalue weighted by molar-refractivity contribution is -0.129. The number of methoxy groups -OCH3 is 2. The summed E-state index contributed by atoms with van der Waals surface area (Å²) in [4.78, 5) is 22.7. The number of nitrogens with one attached hydrogen (secondary N) is 1. The monoisotopic (exact) mass is 661 g/mol. The number of aliphatic hydroxyl groups is 1. The molecule has 0 fully saturated rings. The van der Waals surface area contributed by atoms with Gasteiger partial charge in [-0.1, -0.05) is 77.9 Å². The molecular formula is C38H39N5O6. The summed E-state index contributed by atoms with van der Waals surface area (Å²) in [6, 6.07) is 30.0. The van der Waals surface area contributed by atoms with Crippen molar-refractivity contribution in [3.05, 3.63) is 141 Å². The number of carbonyl (C=O) groups is 1. The maximum atomic E-state index is 14.6. The molecule has 0 aromatic heterocycles. The Morgan fingerprint density at radius 2 is 1.78 bits per heavy atom. The molecule has 1 heterocycles. The molecule has 1 amide bonds. The van der Waals surface area contributed by atoms with Gasteiger partial charge in [-0.3, -0.25) is 4.79 Å². The van der Waals surface area contributed by atoms with Gasteiger partial charge in [0.2, 0.25) is 5.90 Å². The largest absolute Gasteiger partial charge is 0.494 e. The van der Waals surface area contributed by atoms with Crippen molar-refractivity contribution in [2.45, 2.75) is 37.6 Å². The van der Waals surface area contributed by atoms with Crippen LogP contribution >= 0.6 is 0 Å². The summed E-state index contributed by atoms with van der Waals surface area (Å²) < 4.78 is 23.2. The molecule has 0 saturated carbocycles. The Hall–Kier alpha value is -5.77. The van der Waals surface area contributed by atoms with Crippen LogP contribution in [0.15, 0.2) is 113 Å². The van der Waals surface area contributed by atoms with Gasteiger partial charge < -0.3 is 29.4 Å². The van der Waals surface area contributed by atoms with E-state index in [9.17, 15) is 4.79 Å². The smallest absolute Gasteiger partial charge is 0.252 e. The minimum absolute atomic E-state index is 0.0418. The quantitative estimate of drug-likeness (QED) is 0.0575. The van der Waals surface area contributed by atoms with Crippen LogP contribution in [0.25, 0.3) is 16.5 Å². The lowest BCUT2D eigenvalue weighted by Gasteiger charge is -2.31.